The molecule has 0 radical (unpaired) electrons. The third kappa shape index (κ3) is 2.21. The van der Waals surface area contributed by atoms with E-state index in [9.17, 15) is 9.18 Å². The maximum atomic E-state index is 13.6. The van der Waals surface area contributed by atoms with Gasteiger partial charge in [0.25, 0.3) is 5.56 Å². The second kappa shape index (κ2) is 5.29. The summed E-state index contributed by atoms with van der Waals surface area (Å²) in [5, 5.41) is 11.3. The van der Waals surface area contributed by atoms with E-state index < -0.39 is 0 Å². The van der Waals surface area contributed by atoms with Gasteiger partial charge in [0.2, 0.25) is 0 Å². The van der Waals surface area contributed by atoms with Crippen LogP contribution in [0.5, 0.6) is 0 Å². The first-order valence-electron chi connectivity index (χ1n) is 6.95. The molecule has 1 aromatic carbocycles. The number of benzene rings is 1. The molecule has 0 aliphatic rings. The first kappa shape index (κ1) is 13.8. The van der Waals surface area contributed by atoms with Crippen molar-refractivity contribution in [2.75, 3.05) is 13.6 Å². The Bertz CT molecular complexity index is 865. The van der Waals surface area contributed by atoms with Crippen LogP contribution in [-0.2, 0) is 6.54 Å². The van der Waals surface area contributed by atoms with Gasteiger partial charge in [-0.25, -0.2) is 4.39 Å². The zero-order valence-electron chi connectivity index (χ0n) is 12.0. The molecule has 0 amide bonds. The highest BCUT2D eigenvalue weighted by Gasteiger charge is 2.15. The molecule has 3 aromatic rings. The van der Waals surface area contributed by atoms with Crippen LogP contribution < -0.4 is 10.9 Å². The summed E-state index contributed by atoms with van der Waals surface area (Å²) in [5.74, 6) is -0.329. The number of rotatable bonds is 4. The Hall–Kier alpha value is -2.21. The van der Waals surface area contributed by atoms with Gasteiger partial charge in [-0.3, -0.25) is 9.89 Å². The topological polar surface area (TPSA) is 62.7 Å². The van der Waals surface area contributed by atoms with E-state index in [0.29, 0.717) is 28.5 Å². The Kier molecular flexibility index (Phi) is 3.47. The van der Waals surface area contributed by atoms with E-state index in [2.05, 4.69) is 15.5 Å². The molecule has 0 spiro atoms. The molecule has 0 bridgehead atoms. The number of hydrogen-bond acceptors (Lipinski definition) is 3. The maximum Gasteiger partial charge on any atom is 0.262 e. The highest BCUT2D eigenvalue weighted by Crippen LogP contribution is 2.23. The van der Waals surface area contributed by atoms with Crippen molar-refractivity contribution in [2.24, 2.45) is 0 Å². The number of H-pyrrole nitrogens is 1. The summed E-state index contributed by atoms with van der Waals surface area (Å²) in [4.78, 5) is 12.7. The van der Waals surface area contributed by atoms with Crippen LogP contribution in [0.25, 0.3) is 21.8 Å². The normalized spacial score (nSPS) is 11.6. The van der Waals surface area contributed by atoms with Crippen LogP contribution in [0.3, 0.4) is 0 Å². The van der Waals surface area contributed by atoms with Gasteiger partial charge in [0.15, 0.2) is 0 Å². The molecule has 0 saturated carbocycles. The van der Waals surface area contributed by atoms with Crippen LogP contribution in [0, 0.1) is 12.7 Å². The third-order valence-corrected chi connectivity index (χ3v) is 3.72. The van der Waals surface area contributed by atoms with E-state index in [4.69, 9.17) is 0 Å². The van der Waals surface area contributed by atoms with Gasteiger partial charge in [-0.1, -0.05) is 0 Å². The van der Waals surface area contributed by atoms with E-state index >= 15 is 0 Å². The van der Waals surface area contributed by atoms with Gasteiger partial charge in [-0.2, -0.15) is 5.10 Å². The SMILES string of the molecule is CNCCCn1c(=O)c2c(C)[nH]nc2c2cc(F)ccc21. The minimum absolute atomic E-state index is 0.0774. The maximum absolute atomic E-state index is 13.6. The minimum atomic E-state index is -0.329. The summed E-state index contributed by atoms with van der Waals surface area (Å²) >= 11 is 0. The number of aryl methyl sites for hydroxylation is 2. The Morgan fingerprint density at radius 3 is 3.00 bits per heavy atom. The number of nitrogens with one attached hydrogen (secondary N) is 2. The fraction of sp³-hybridized carbons (Fsp3) is 0.333. The highest BCUT2D eigenvalue weighted by molar-refractivity contribution is 6.03. The first-order valence-corrected chi connectivity index (χ1v) is 6.95. The van der Waals surface area contributed by atoms with Crippen molar-refractivity contribution in [3.63, 3.8) is 0 Å². The quantitative estimate of drug-likeness (QED) is 0.721. The summed E-state index contributed by atoms with van der Waals surface area (Å²) in [5.41, 5.74) is 1.89. The lowest BCUT2D eigenvalue weighted by atomic mass is 10.1. The summed E-state index contributed by atoms with van der Waals surface area (Å²) in [6.07, 6.45) is 0.825. The van der Waals surface area contributed by atoms with Crippen molar-refractivity contribution in [1.29, 1.82) is 0 Å². The van der Waals surface area contributed by atoms with Crippen molar-refractivity contribution < 1.29 is 4.39 Å². The fourth-order valence-electron chi connectivity index (χ4n) is 2.70. The van der Waals surface area contributed by atoms with Crippen LogP contribution in [0.2, 0.25) is 0 Å². The van der Waals surface area contributed by atoms with Crippen molar-refractivity contribution >= 4 is 21.8 Å². The van der Waals surface area contributed by atoms with E-state index in [1.807, 2.05) is 7.05 Å². The predicted molar refractivity (Wildman–Crippen MR) is 81.1 cm³/mol. The molecule has 21 heavy (non-hydrogen) atoms. The summed E-state index contributed by atoms with van der Waals surface area (Å²) in [6, 6.07) is 4.46. The van der Waals surface area contributed by atoms with Gasteiger partial charge >= 0.3 is 0 Å². The third-order valence-electron chi connectivity index (χ3n) is 3.72. The number of hydrogen-bond donors (Lipinski definition) is 2. The molecule has 2 aromatic heterocycles. The van der Waals surface area contributed by atoms with Gasteiger partial charge in [0.1, 0.15) is 11.3 Å². The zero-order chi connectivity index (χ0) is 15.0. The summed E-state index contributed by atoms with van der Waals surface area (Å²) in [6.45, 7) is 3.21. The van der Waals surface area contributed by atoms with Gasteiger partial charge in [-0.15, -0.1) is 0 Å². The molecule has 0 aliphatic heterocycles. The van der Waals surface area contributed by atoms with Crippen molar-refractivity contribution in [1.82, 2.24) is 20.1 Å². The predicted octanol–water partition coefficient (Wildman–Crippen LogP) is 1.93. The van der Waals surface area contributed by atoms with E-state index in [1.165, 1.54) is 12.1 Å². The van der Waals surface area contributed by atoms with Crippen LogP contribution in [0.4, 0.5) is 4.39 Å². The highest BCUT2D eigenvalue weighted by atomic mass is 19.1. The van der Waals surface area contributed by atoms with Crippen molar-refractivity contribution in [3.05, 3.63) is 40.1 Å². The fourth-order valence-corrected chi connectivity index (χ4v) is 2.70. The van der Waals surface area contributed by atoms with Crippen LogP contribution in [0.15, 0.2) is 23.0 Å². The molecule has 3 rings (SSSR count). The van der Waals surface area contributed by atoms with Crippen LogP contribution in [0.1, 0.15) is 12.1 Å². The number of fused-ring (bicyclic) bond motifs is 3. The molecule has 2 heterocycles. The molecular weight excluding hydrogens is 271 g/mol. The Balaban J connectivity index is 2.34. The molecule has 0 fully saturated rings. The number of pyridine rings is 1. The minimum Gasteiger partial charge on any atom is -0.320 e. The number of nitrogens with zero attached hydrogens (tertiary/aromatic N) is 2. The van der Waals surface area contributed by atoms with Crippen molar-refractivity contribution in [3.8, 4) is 0 Å². The average Bonchev–Trinajstić information content (AvgIpc) is 2.85. The Labute approximate surface area is 120 Å². The van der Waals surface area contributed by atoms with Gasteiger partial charge < -0.3 is 9.88 Å². The number of halogens is 1. The van der Waals surface area contributed by atoms with Gasteiger partial charge in [0, 0.05) is 17.6 Å². The van der Waals surface area contributed by atoms with E-state index in [0.717, 1.165) is 18.5 Å². The average molecular weight is 288 g/mol. The molecule has 5 nitrogen and oxygen atoms in total. The Morgan fingerprint density at radius 1 is 1.43 bits per heavy atom. The molecule has 0 saturated heterocycles. The molecule has 6 heteroatoms. The monoisotopic (exact) mass is 288 g/mol. The summed E-state index contributed by atoms with van der Waals surface area (Å²) in [7, 11) is 1.87. The molecule has 0 aliphatic carbocycles. The largest absolute Gasteiger partial charge is 0.320 e. The Morgan fingerprint density at radius 2 is 2.24 bits per heavy atom. The smallest absolute Gasteiger partial charge is 0.262 e. The number of aromatic nitrogens is 3. The molecule has 110 valence electrons. The standard InChI is InChI=1S/C15H17FN4O/c1-9-13-14(19-18-9)11-8-10(16)4-5-12(11)20(15(13)21)7-3-6-17-2/h4-5,8,17H,3,6-7H2,1-2H3,(H,18,19). The summed E-state index contributed by atoms with van der Waals surface area (Å²) < 4.78 is 15.3. The van der Waals surface area contributed by atoms with Crippen LogP contribution in [-0.4, -0.2) is 28.4 Å². The van der Waals surface area contributed by atoms with Crippen molar-refractivity contribution in [2.45, 2.75) is 19.9 Å². The number of aromatic amines is 1. The lowest BCUT2D eigenvalue weighted by Gasteiger charge is -2.11. The molecular formula is C15H17FN4O. The van der Waals surface area contributed by atoms with Crippen LogP contribution >= 0.6 is 0 Å². The second-order valence-electron chi connectivity index (χ2n) is 5.15. The lowest BCUT2D eigenvalue weighted by molar-refractivity contribution is 0.612. The first-order chi connectivity index (χ1) is 10.1. The second-order valence-corrected chi connectivity index (χ2v) is 5.15. The van der Waals surface area contributed by atoms with Gasteiger partial charge in [-0.05, 0) is 45.1 Å². The molecule has 0 unspecified atom stereocenters. The van der Waals surface area contributed by atoms with Gasteiger partial charge in [0.05, 0.1) is 10.9 Å². The van der Waals surface area contributed by atoms with E-state index in [1.54, 1.807) is 17.6 Å². The molecule has 2 N–H and O–H groups in total. The molecule has 0 atom stereocenters. The lowest BCUT2D eigenvalue weighted by Crippen LogP contribution is -2.23. The zero-order valence-corrected chi connectivity index (χ0v) is 12.0. The van der Waals surface area contributed by atoms with E-state index in [-0.39, 0.29) is 11.4 Å².